The molecule has 0 fully saturated rings. The molecule has 5 nitrogen and oxygen atoms in total. The van der Waals surface area contributed by atoms with Gasteiger partial charge in [-0.1, -0.05) is 0 Å². The number of nitro groups is 1. The van der Waals surface area contributed by atoms with Gasteiger partial charge in [0.25, 0.3) is 5.69 Å². The van der Waals surface area contributed by atoms with E-state index in [4.69, 9.17) is 0 Å². The summed E-state index contributed by atoms with van der Waals surface area (Å²) in [6, 6.07) is 4.73. The van der Waals surface area contributed by atoms with E-state index in [1.807, 2.05) is 32.7 Å². The van der Waals surface area contributed by atoms with Crippen molar-refractivity contribution < 1.29 is 10.0 Å². The minimum atomic E-state index is -0.409. The molecule has 1 aromatic carbocycles. The van der Waals surface area contributed by atoms with Gasteiger partial charge in [-0.3, -0.25) is 10.1 Å². The van der Waals surface area contributed by atoms with Crippen LogP contribution in [0.3, 0.4) is 0 Å². The van der Waals surface area contributed by atoms with Crippen molar-refractivity contribution in [3.63, 3.8) is 0 Å². The first-order valence-corrected chi connectivity index (χ1v) is 5.39. The van der Waals surface area contributed by atoms with Crippen molar-refractivity contribution in [3.8, 4) is 0 Å². The molecule has 1 N–H and O–H groups in total. The number of hydrogen-bond donors (Lipinski definition) is 1. The maximum Gasteiger partial charge on any atom is 0.269 e. The van der Waals surface area contributed by atoms with Crippen molar-refractivity contribution in [2.24, 2.45) is 0 Å². The van der Waals surface area contributed by atoms with E-state index in [0.717, 1.165) is 11.3 Å². The molecule has 94 valence electrons. The lowest BCUT2D eigenvalue weighted by molar-refractivity contribution is -0.384. The molecule has 0 aliphatic heterocycles. The number of rotatable bonds is 4. The lowest BCUT2D eigenvalue weighted by atomic mass is 10.0. The van der Waals surface area contributed by atoms with Gasteiger partial charge in [0.05, 0.1) is 17.1 Å². The lowest BCUT2D eigenvalue weighted by Gasteiger charge is -2.36. The highest BCUT2D eigenvalue weighted by Gasteiger charge is 2.24. The second kappa shape index (κ2) is 4.71. The van der Waals surface area contributed by atoms with Gasteiger partial charge in [0.2, 0.25) is 0 Å². The zero-order valence-electron chi connectivity index (χ0n) is 10.6. The molecule has 1 aromatic rings. The van der Waals surface area contributed by atoms with Crippen LogP contribution in [0, 0.1) is 17.0 Å². The Balaban J connectivity index is 3.12. The molecular weight excluding hydrogens is 220 g/mol. The van der Waals surface area contributed by atoms with Gasteiger partial charge in [-0.25, -0.2) is 0 Å². The molecule has 0 saturated carbocycles. The Hall–Kier alpha value is -1.62. The normalized spacial score (nSPS) is 11.4. The summed E-state index contributed by atoms with van der Waals surface area (Å²) >= 11 is 0. The van der Waals surface area contributed by atoms with Gasteiger partial charge >= 0.3 is 0 Å². The van der Waals surface area contributed by atoms with Crippen LogP contribution in [-0.4, -0.2) is 29.2 Å². The third-order valence-electron chi connectivity index (χ3n) is 3.05. The fourth-order valence-electron chi connectivity index (χ4n) is 1.56. The van der Waals surface area contributed by atoms with E-state index in [0.29, 0.717) is 0 Å². The average Bonchev–Trinajstić information content (AvgIpc) is 2.27. The van der Waals surface area contributed by atoms with Gasteiger partial charge in [-0.05, 0) is 32.4 Å². The minimum absolute atomic E-state index is 0.0138. The molecule has 0 spiro atoms. The van der Waals surface area contributed by atoms with Gasteiger partial charge in [-0.2, -0.15) is 0 Å². The number of aliphatic hydroxyl groups is 1. The molecule has 1 rings (SSSR count). The Kier molecular flexibility index (Phi) is 3.72. The zero-order valence-corrected chi connectivity index (χ0v) is 10.6. The number of aliphatic hydroxyl groups excluding tert-OH is 1. The number of benzene rings is 1. The first-order valence-electron chi connectivity index (χ1n) is 5.39. The van der Waals surface area contributed by atoms with Crippen LogP contribution in [0.5, 0.6) is 0 Å². The Bertz CT molecular complexity index is 430. The Morgan fingerprint density at radius 1 is 1.47 bits per heavy atom. The molecular formula is C12H18N2O3. The van der Waals surface area contributed by atoms with Crippen LogP contribution in [0.2, 0.25) is 0 Å². The highest BCUT2D eigenvalue weighted by Crippen LogP contribution is 2.28. The fraction of sp³-hybridized carbons (Fsp3) is 0.500. The number of nitrogens with zero attached hydrogens (tertiary/aromatic N) is 2. The number of anilines is 1. The molecule has 0 bridgehead atoms. The number of likely N-dealkylation sites (N-methyl/N-ethyl adjacent to an activating group) is 1. The summed E-state index contributed by atoms with van der Waals surface area (Å²) in [5, 5.41) is 19.9. The minimum Gasteiger partial charge on any atom is -0.394 e. The Labute approximate surface area is 101 Å². The summed E-state index contributed by atoms with van der Waals surface area (Å²) in [6.45, 7) is 5.66. The Morgan fingerprint density at radius 3 is 2.47 bits per heavy atom. The SMILES string of the molecule is Cc1cc([N+](=O)[O-])ccc1N(C)C(C)(C)CO. The molecule has 0 unspecified atom stereocenters. The van der Waals surface area contributed by atoms with Crippen molar-refractivity contribution in [1.82, 2.24) is 0 Å². The summed E-state index contributed by atoms with van der Waals surface area (Å²) in [4.78, 5) is 12.2. The predicted octanol–water partition coefficient (Wildman–Crippen LogP) is 2.11. The van der Waals surface area contributed by atoms with Crippen molar-refractivity contribution in [3.05, 3.63) is 33.9 Å². The summed E-state index contributed by atoms with van der Waals surface area (Å²) in [6.07, 6.45) is 0. The molecule has 0 heterocycles. The standard InChI is InChI=1S/C12H18N2O3/c1-9-7-10(14(16)17)5-6-11(9)13(4)12(2,3)8-15/h5-7,15H,8H2,1-4H3. The van der Waals surface area contributed by atoms with Crippen LogP contribution in [0.15, 0.2) is 18.2 Å². The number of aryl methyl sites for hydroxylation is 1. The van der Waals surface area contributed by atoms with E-state index in [-0.39, 0.29) is 12.3 Å². The van der Waals surface area contributed by atoms with Crippen LogP contribution < -0.4 is 4.90 Å². The van der Waals surface area contributed by atoms with Crippen LogP contribution in [0.25, 0.3) is 0 Å². The molecule has 0 radical (unpaired) electrons. The molecule has 0 aliphatic carbocycles. The van der Waals surface area contributed by atoms with Gasteiger partial charge < -0.3 is 10.0 Å². The van der Waals surface area contributed by atoms with Crippen LogP contribution in [-0.2, 0) is 0 Å². The monoisotopic (exact) mass is 238 g/mol. The van der Waals surface area contributed by atoms with Gasteiger partial charge in [-0.15, -0.1) is 0 Å². The second-order valence-corrected chi connectivity index (χ2v) is 4.76. The molecule has 0 amide bonds. The molecule has 0 aliphatic rings. The number of non-ortho nitro benzene ring substituents is 1. The molecule has 5 heteroatoms. The van der Waals surface area contributed by atoms with E-state index in [2.05, 4.69) is 0 Å². The molecule has 17 heavy (non-hydrogen) atoms. The van der Waals surface area contributed by atoms with Crippen molar-refractivity contribution in [1.29, 1.82) is 0 Å². The van der Waals surface area contributed by atoms with E-state index < -0.39 is 10.5 Å². The van der Waals surface area contributed by atoms with Crippen molar-refractivity contribution >= 4 is 11.4 Å². The predicted molar refractivity (Wildman–Crippen MR) is 67.4 cm³/mol. The summed E-state index contributed by atoms with van der Waals surface area (Å²) < 4.78 is 0. The largest absolute Gasteiger partial charge is 0.394 e. The maximum atomic E-state index is 10.6. The zero-order chi connectivity index (χ0) is 13.2. The van der Waals surface area contributed by atoms with Crippen LogP contribution >= 0.6 is 0 Å². The molecule has 0 aromatic heterocycles. The first-order chi connectivity index (χ1) is 7.79. The molecule has 0 saturated heterocycles. The Morgan fingerprint density at radius 2 is 2.06 bits per heavy atom. The third-order valence-corrected chi connectivity index (χ3v) is 3.05. The van der Waals surface area contributed by atoms with Gasteiger partial charge in [0.1, 0.15) is 0 Å². The summed E-state index contributed by atoms with van der Waals surface area (Å²) in [5.41, 5.74) is 1.39. The number of nitro benzene ring substituents is 1. The topological polar surface area (TPSA) is 66.6 Å². The summed E-state index contributed by atoms with van der Waals surface area (Å²) in [5.74, 6) is 0. The quantitative estimate of drug-likeness (QED) is 0.644. The van der Waals surface area contributed by atoms with Gasteiger partial charge in [0.15, 0.2) is 0 Å². The van der Waals surface area contributed by atoms with E-state index in [1.165, 1.54) is 6.07 Å². The third kappa shape index (κ3) is 2.74. The van der Waals surface area contributed by atoms with Crippen molar-refractivity contribution in [2.45, 2.75) is 26.3 Å². The smallest absolute Gasteiger partial charge is 0.269 e. The van der Waals surface area contributed by atoms with E-state index >= 15 is 0 Å². The fourth-order valence-corrected chi connectivity index (χ4v) is 1.56. The average molecular weight is 238 g/mol. The molecule has 0 atom stereocenters. The summed E-state index contributed by atoms with van der Waals surface area (Å²) in [7, 11) is 1.87. The number of hydrogen-bond acceptors (Lipinski definition) is 4. The van der Waals surface area contributed by atoms with Crippen LogP contribution in [0.4, 0.5) is 11.4 Å². The second-order valence-electron chi connectivity index (χ2n) is 4.76. The highest BCUT2D eigenvalue weighted by atomic mass is 16.6. The first kappa shape index (κ1) is 13.4. The van der Waals surface area contributed by atoms with E-state index in [1.54, 1.807) is 12.1 Å². The lowest BCUT2D eigenvalue weighted by Crippen LogP contribution is -2.44. The van der Waals surface area contributed by atoms with E-state index in [9.17, 15) is 15.2 Å². The highest BCUT2D eigenvalue weighted by molar-refractivity contribution is 5.58. The van der Waals surface area contributed by atoms with Gasteiger partial charge in [0, 0.05) is 24.9 Å². The van der Waals surface area contributed by atoms with Crippen molar-refractivity contribution in [2.75, 3.05) is 18.6 Å². The maximum absolute atomic E-state index is 10.6. The van der Waals surface area contributed by atoms with Crippen LogP contribution in [0.1, 0.15) is 19.4 Å².